The summed E-state index contributed by atoms with van der Waals surface area (Å²) in [7, 11) is -1.72. The van der Waals surface area contributed by atoms with Crippen LogP contribution < -0.4 is 10.1 Å². The summed E-state index contributed by atoms with van der Waals surface area (Å²) in [6, 6.07) is 4.73. The highest BCUT2D eigenvalue weighted by atomic mass is 32.2. The quantitative estimate of drug-likeness (QED) is 0.309. The Morgan fingerprint density at radius 2 is 1.85 bits per heavy atom. The van der Waals surface area contributed by atoms with Crippen molar-refractivity contribution in [1.29, 1.82) is 0 Å². The molecular weight excluding hydrogens is 566 g/mol. The van der Waals surface area contributed by atoms with Gasteiger partial charge < -0.3 is 19.4 Å². The Morgan fingerprint density at radius 3 is 2.54 bits per heavy atom. The fourth-order valence-electron chi connectivity index (χ4n) is 4.20. The van der Waals surface area contributed by atoms with Crippen LogP contribution in [0.4, 0.5) is 5.00 Å². The zero-order valence-electron chi connectivity index (χ0n) is 20.9. The van der Waals surface area contributed by atoms with Crippen LogP contribution in [0.2, 0.25) is 0 Å². The van der Waals surface area contributed by atoms with Crippen LogP contribution in [0.5, 0.6) is 0 Å². The summed E-state index contributed by atoms with van der Waals surface area (Å²) in [6.07, 6.45) is 7.77. The Balaban J connectivity index is 1.52. The van der Waals surface area contributed by atoms with Crippen LogP contribution in [-0.4, -0.2) is 62.5 Å². The molecule has 11 nitrogen and oxygen atoms in total. The van der Waals surface area contributed by atoms with Crippen LogP contribution in [-0.2, 0) is 48.3 Å². The molecule has 0 unspecified atom stereocenters. The third-order valence-electron chi connectivity index (χ3n) is 5.83. The summed E-state index contributed by atoms with van der Waals surface area (Å²) in [4.78, 5) is 54.4. The van der Waals surface area contributed by atoms with Gasteiger partial charge in [0.2, 0.25) is 5.91 Å². The average Bonchev–Trinajstić information content (AvgIpc) is 3.55. The number of esters is 2. The molecular formula is C25H23N3O8S3. The molecule has 2 aromatic heterocycles. The lowest BCUT2D eigenvalue weighted by molar-refractivity contribution is -0.115. The number of aryl methyl sites for hydroxylation is 1. The Hall–Kier alpha value is -3.80. The van der Waals surface area contributed by atoms with Crippen molar-refractivity contribution in [3.63, 3.8) is 0 Å². The van der Waals surface area contributed by atoms with E-state index in [1.54, 1.807) is 16.7 Å². The number of hydrogen-bond donors (Lipinski definition) is 1. The number of nitrogens with zero attached hydrogens (tertiary/aromatic N) is 2. The topological polar surface area (TPSA) is 150 Å². The number of thiophene rings is 1. The molecule has 0 bridgehead atoms. The molecule has 0 fully saturated rings. The minimum Gasteiger partial charge on any atom is -0.465 e. The highest BCUT2D eigenvalue weighted by Crippen LogP contribution is 2.39. The lowest BCUT2D eigenvalue weighted by Crippen LogP contribution is -2.28. The summed E-state index contributed by atoms with van der Waals surface area (Å²) >= 11 is 2.26. The monoisotopic (exact) mass is 589 g/mol. The van der Waals surface area contributed by atoms with Crippen molar-refractivity contribution >= 4 is 71.5 Å². The van der Waals surface area contributed by atoms with Crippen molar-refractivity contribution in [3.05, 3.63) is 44.6 Å². The smallest absolute Gasteiger partial charge is 0.341 e. The Kier molecular flexibility index (Phi) is 8.34. The van der Waals surface area contributed by atoms with Crippen LogP contribution in [0.25, 0.3) is 10.2 Å². The number of methoxy groups -OCH3 is 2. The number of fused-ring (bicyclic) bond motifs is 2. The van der Waals surface area contributed by atoms with Gasteiger partial charge in [-0.25, -0.2) is 18.0 Å². The molecule has 0 radical (unpaired) electrons. The van der Waals surface area contributed by atoms with E-state index >= 15 is 0 Å². The molecule has 1 N–H and O–H groups in total. The molecule has 1 aromatic carbocycles. The minimum absolute atomic E-state index is 0.0478. The molecule has 0 aliphatic heterocycles. The third-order valence-corrected chi connectivity index (χ3v) is 9.47. The molecule has 0 spiro atoms. The van der Waals surface area contributed by atoms with Gasteiger partial charge in [-0.3, -0.25) is 9.59 Å². The molecule has 39 heavy (non-hydrogen) atoms. The van der Waals surface area contributed by atoms with E-state index in [0.29, 0.717) is 16.6 Å². The molecule has 0 atom stereocenters. The van der Waals surface area contributed by atoms with Gasteiger partial charge in [0, 0.05) is 4.88 Å². The number of thiazole rings is 1. The van der Waals surface area contributed by atoms with Crippen LogP contribution in [0.1, 0.15) is 37.6 Å². The minimum atomic E-state index is -4.20. The van der Waals surface area contributed by atoms with Gasteiger partial charge in [0.25, 0.3) is 5.91 Å². The number of aromatic nitrogens is 1. The Labute approximate surface area is 231 Å². The lowest BCUT2D eigenvalue weighted by Gasteiger charge is -2.07. The van der Waals surface area contributed by atoms with Crippen LogP contribution in [0, 0.1) is 12.3 Å². The van der Waals surface area contributed by atoms with Gasteiger partial charge in [-0.2, -0.15) is 4.99 Å². The molecule has 204 valence electrons. The van der Waals surface area contributed by atoms with Crippen molar-refractivity contribution in [2.24, 2.45) is 4.99 Å². The number of nitrogens with one attached hydrogen (secondary N) is 1. The maximum atomic E-state index is 12.7. The van der Waals surface area contributed by atoms with Gasteiger partial charge in [-0.05, 0) is 43.0 Å². The number of anilines is 1. The van der Waals surface area contributed by atoms with Gasteiger partial charge in [0.1, 0.15) is 16.5 Å². The van der Waals surface area contributed by atoms with E-state index in [1.807, 2.05) is 0 Å². The normalized spacial score (nSPS) is 13.1. The second-order valence-corrected chi connectivity index (χ2v) is 12.7. The van der Waals surface area contributed by atoms with Crippen molar-refractivity contribution in [2.75, 3.05) is 31.0 Å². The molecule has 0 saturated heterocycles. The fourth-order valence-corrected chi connectivity index (χ4v) is 7.59. The van der Waals surface area contributed by atoms with Crippen molar-refractivity contribution in [1.82, 2.24) is 4.57 Å². The molecule has 2 heterocycles. The first-order chi connectivity index (χ1) is 18.6. The molecule has 1 aliphatic carbocycles. The Bertz CT molecular complexity index is 1720. The van der Waals surface area contributed by atoms with Gasteiger partial charge in [-0.1, -0.05) is 17.3 Å². The van der Waals surface area contributed by atoms with Crippen molar-refractivity contribution in [3.8, 4) is 12.3 Å². The van der Waals surface area contributed by atoms with E-state index < -0.39 is 45.1 Å². The SMILES string of the molecule is C#CCn1c(=NC(=O)CS(=O)(=O)CC(=O)Nc2sc3c(c2C(=O)OC)CCC3)sc2cc(C(=O)OC)ccc21. The Morgan fingerprint density at radius 1 is 1.10 bits per heavy atom. The van der Waals surface area contributed by atoms with E-state index in [1.165, 1.54) is 31.6 Å². The van der Waals surface area contributed by atoms with E-state index in [0.717, 1.165) is 34.6 Å². The predicted octanol–water partition coefficient (Wildman–Crippen LogP) is 1.94. The molecule has 1 aliphatic rings. The van der Waals surface area contributed by atoms with E-state index in [-0.39, 0.29) is 27.5 Å². The summed E-state index contributed by atoms with van der Waals surface area (Å²) < 4.78 is 37.0. The second kappa shape index (κ2) is 11.5. The summed E-state index contributed by atoms with van der Waals surface area (Å²) in [6.45, 7) is 0.0478. The highest BCUT2D eigenvalue weighted by Gasteiger charge is 2.29. The van der Waals surface area contributed by atoms with Crippen LogP contribution in [0.3, 0.4) is 0 Å². The first-order valence-corrected chi connectivity index (χ1v) is 15.0. The van der Waals surface area contributed by atoms with Crippen LogP contribution >= 0.6 is 22.7 Å². The fraction of sp³-hybridized carbons (Fsp3) is 0.320. The van der Waals surface area contributed by atoms with Gasteiger partial charge >= 0.3 is 11.9 Å². The maximum absolute atomic E-state index is 12.7. The number of carbonyl (C=O) groups is 4. The van der Waals surface area contributed by atoms with Gasteiger partial charge in [0.05, 0.1) is 42.1 Å². The van der Waals surface area contributed by atoms with E-state index in [9.17, 15) is 27.6 Å². The highest BCUT2D eigenvalue weighted by molar-refractivity contribution is 7.92. The van der Waals surface area contributed by atoms with Crippen molar-refractivity contribution < 1.29 is 37.1 Å². The van der Waals surface area contributed by atoms with E-state index in [2.05, 4.69) is 16.2 Å². The maximum Gasteiger partial charge on any atom is 0.341 e. The standard InChI is InChI=1S/C25H23N3O8S3/c1-4-10-28-16-9-8-14(23(31)35-2)11-18(16)38-25(28)27-20(30)13-39(33,34)12-19(29)26-22-21(24(32)36-3)15-6-5-7-17(15)37-22/h1,8-9,11H,5-7,10,12-13H2,2-3H3,(H,26,29). The first-order valence-electron chi connectivity index (χ1n) is 11.5. The molecule has 0 saturated carbocycles. The third kappa shape index (κ3) is 6.11. The number of rotatable bonds is 8. The zero-order valence-corrected chi connectivity index (χ0v) is 23.4. The van der Waals surface area contributed by atoms with Gasteiger partial charge in [-0.15, -0.1) is 17.8 Å². The molecule has 2 amide bonds. The second-order valence-electron chi connectivity index (χ2n) is 8.49. The number of hydrogen-bond acceptors (Lipinski definition) is 10. The summed E-state index contributed by atoms with van der Waals surface area (Å²) in [5, 5.41) is 2.72. The molecule has 4 rings (SSSR count). The summed E-state index contributed by atoms with van der Waals surface area (Å²) in [5.74, 6) is -2.55. The van der Waals surface area contributed by atoms with E-state index in [4.69, 9.17) is 15.9 Å². The number of terminal acetylenes is 1. The van der Waals surface area contributed by atoms with Crippen molar-refractivity contribution in [2.45, 2.75) is 25.8 Å². The molecule has 3 aromatic rings. The number of benzene rings is 1. The average molecular weight is 590 g/mol. The largest absolute Gasteiger partial charge is 0.465 e. The lowest BCUT2D eigenvalue weighted by atomic mass is 10.1. The predicted molar refractivity (Wildman–Crippen MR) is 146 cm³/mol. The van der Waals surface area contributed by atoms with Gasteiger partial charge in [0.15, 0.2) is 14.6 Å². The number of carbonyl (C=O) groups excluding carboxylic acids is 4. The number of sulfone groups is 1. The zero-order chi connectivity index (χ0) is 28.3. The molecule has 14 heteroatoms. The summed E-state index contributed by atoms with van der Waals surface area (Å²) in [5.41, 5.74) is 1.94. The number of amides is 2. The number of ether oxygens (including phenoxy) is 2. The first kappa shape index (κ1) is 28.2. The van der Waals surface area contributed by atoms with Crippen LogP contribution in [0.15, 0.2) is 23.2 Å².